The van der Waals surface area contributed by atoms with Crippen molar-refractivity contribution in [3.05, 3.63) is 71.4 Å². The quantitative estimate of drug-likeness (QED) is 0.385. The van der Waals surface area contributed by atoms with Crippen LogP contribution >= 0.6 is 34.0 Å². The third-order valence-corrected chi connectivity index (χ3v) is 6.59. The van der Waals surface area contributed by atoms with Crippen LogP contribution in [0.4, 0.5) is 0 Å². The van der Waals surface area contributed by atoms with Crippen LogP contribution in [0.25, 0.3) is 30.6 Å². The van der Waals surface area contributed by atoms with Crippen molar-refractivity contribution in [1.82, 2.24) is 0 Å². The lowest BCUT2D eigenvalue weighted by atomic mass is 10.1. The average Bonchev–Trinajstić information content (AvgIpc) is 3.27. The lowest BCUT2D eigenvalue weighted by molar-refractivity contribution is 1.68. The summed E-state index contributed by atoms with van der Waals surface area (Å²) >= 11 is 5.50. The molecule has 4 rings (SSSR count). The molecule has 3 heteroatoms. The average molecular weight is 324 g/mol. The molecule has 0 radical (unpaired) electrons. The highest BCUT2D eigenvalue weighted by Gasteiger charge is 2.12. The molecule has 0 nitrogen and oxygen atoms in total. The Morgan fingerprint density at radius 1 is 0.571 bits per heavy atom. The lowest BCUT2D eigenvalue weighted by Gasteiger charge is -2.01. The standard InChI is InChI=1S/C18H12S3/c1-2-5-13(6-3-1)14-10-12-20-18(14)17-9-8-16(21-17)15-7-4-11-19-15/h1-12H. The van der Waals surface area contributed by atoms with Crippen LogP contribution in [0.3, 0.4) is 0 Å². The van der Waals surface area contributed by atoms with E-state index in [2.05, 4.69) is 71.4 Å². The number of hydrogen-bond acceptors (Lipinski definition) is 3. The molecule has 0 spiro atoms. The summed E-state index contributed by atoms with van der Waals surface area (Å²) in [5.41, 5.74) is 2.63. The Morgan fingerprint density at radius 2 is 1.43 bits per heavy atom. The molecule has 21 heavy (non-hydrogen) atoms. The molecule has 0 aliphatic carbocycles. The summed E-state index contributed by atoms with van der Waals surface area (Å²) in [6, 6.07) is 21.6. The topological polar surface area (TPSA) is 0 Å². The van der Waals surface area contributed by atoms with E-state index in [1.807, 2.05) is 22.7 Å². The molecule has 0 aliphatic rings. The summed E-state index contributed by atoms with van der Waals surface area (Å²) in [5.74, 6) is 0. The van der Waals surface area contributed by atoms with E-state index in [1.54, 1.807) is 11.3 Å². The van der Waals surface area contributed by atoms with E-state index in [-0.39, 0.29) is 0 Å². The smallest absolute Gasteiger partial charge is 0.0521 e. The Bertz CT molecular complexity index is 836. The molecule has 0 N–H and O–H groups in total. The van der Waals surface area contributed by atoms with Crippen molar-refractivity contribution in [3.8, 4) is 30.6 Å². The Kier molecular flexibility index (Phi) is 3.47. The summed E-state index contributed by atoms with van der Waals surface area (Å²) in [6.45, 7) is 0. The molecule has 0 saturated carbocycles. The monoisotopic (exact) mass is 324 g/mol. The molecule has 0 fully saturated rings. The molecule has 3 heterocycles. The molecule has 0 bridgehead atoms. The largest absolute Gasteiger partial charge is 0.143 e. The second-order valence-electron chi connectivity index (χ2n) is 4.67. The summed E-state index contributed by atoms with van der Waals surface area (Å²) in [7, 11) is 0. The van der Waals surface area contributed by atoms with Gasteiger partial charge in [0.05, 0.1) is 4.88 Å². The Morgan fingerprint density at radius 3 is 2.24 bits per heavy atom. The van der Waals surface area contributed by atoms with E-state index in [9.17, 15) is 0 Å². The van der Waals surface area contributed by atoms with Gasteiger partial charge in [-0.05, 0) is 40.6 Å². The fourth-order valence-corrected chi connectivity index (χ4v) is 5.26. The van der Waals surface area contributed by atoms with Gasteiger partial charge in [0.15, 0.2) is 0 Å². The number of rotatable bonds is 3. The van der Waals surface area contributed by atoms with Crippen LogP contribution in [0.15, 0.2) is 71.4 Å². The van der Waals surface area contributed by atoms with Crippen molar-refractivity contribution in [3.63, 3.8) is 0 Å². The molecular weight excluding hydrogens is 312 g/mol. The van der Waals surface area contributed by atoms with Crippen LogP contribution in [0, 0.1) is 0 Å². The Balaban J connectivity index is 1.77. The fraction of sp³-hybridized carbons (Fsp3) is 0. The van der Waals surface area contributed by atoms with Gasteiger partial charge in [-0.25, -0.2) is 0 Å². The number of benzene rings is 1. The van der Waals surface area contributed by atoms with E-state index in [0.29, 0.717) is 0 Å². The molecule has 102 valence electrons. The summed E-state index contributed by atoms with van der Waals surface area (Å²) in [5, 5.41) is 4.32. The van der Waals surface area contributed by atoms with Crippen LogP contribution in [0.5, 0.6) is 0 Å². The van der Waals surface area contributed by atoms with Gasteiger partial charge in [0, 0.05) is 20.2 Å². The molecule has 0 unspecified atom stereocenters. The molecule has 0 amide bonds. The SMILES string of the molecule is c1ccc(-c2ccsc2-c2ccc(-c3cccs3)s2)cc1. The predicted molar refractivity (Wildman–Crippen MR) is 96.4 cm³/mol. The second-order valence-corrected chi connectivity index (χ2v) is 7.62. The molecule has 4 aromatic rings. The van der Waals surface area contributed by atoms with Gasteiger partial charge in [0.25, 0.3) is 0 Å². The van der Waals surface area contributed by atoms with Crippen molar-refractivity contribution in [2.75, 3.05) is 0 Å². The highest BCUT2D eigenvalue weighted by Crippen LogP contribution is 2.42. The maximum atomic E-state index is 2.25. The van der Waals surface area contributed by atoms with Crippen LogP contribution in [0.2, 0.25) is 0 Å². The van der Waals surface area contributed by atoms with E-state index in [0.717, 1.165) is 0 Å². The first kappa shape index (κ1) is 13.0. The van der Waals surface area contributed by atoms with Gasteiger partial charge in [-0.1, -0.05) is 36.4 Å². The molecule has 0 atom stereocenters. The molecule has 0 saturated heterocycles. The Labute approximate surface area is 136 Å². The van der Waals surface area contributed by atoms with Gasteiger partial charge >= 0.3 is 0 Å². The lowest BCUT2D eigenvalue weighted by Crippen LogP contribution is -1.75. The third kappa shape index (κ3) is 2.48. The van der Waals surface area contributed by atoms with E-state index >= 15 is 0 Å². The number of hydrogen-bond donors (Lipinski definition) is 0. The minimum Gasteiger partial charge on any atom is -0.143 e. The maximum Gasteiger partial charge on any atom is 0.0521 e. The van der Waals surface area contributed by atoms with Gasteiger partial charge in [-0.3, -0.25) is 0 Å². The van der Waals surface area contributed by atoms with Crippen LogP contribution < -0.4 is 0 Å². The Hall–Kier alpha value is -1.68. The van der Waals surface area contributed by atoms with Crippen molar-refractivity contribution >= 4 is 34.0 Å². The van der Waals surface area contributed by atoms with E-state index < -0.39 is 0 Å². The first-order valence-electron chi connectivity index (χ1n) is 6.69. The van der Waals surface area contributed by atoms with Crippen LogP contribution in [-0.2, 0) is 0 Å². The van der Waals surface area contributed by atoms with Crippen LogP contribution in [0.1, 0.15) is 0 Å². The van der Waals surface area contributed by atoms with Crippen LogP contribution in [-0.4, -0.2) is 0 Å². The predicted octanol–water partition coefficient (Wildman–Crippen LogP) is 6.87. The minimum atomic E-state index is 1.29. The van der Waals surface area contributed by atoms with Gasteiger partial charge in [-0.2, -0.15) is 0 Å². The highest BCUT2D eigenvalue weighted by atomic mass is 32.1. The zero-order valence-electron chi connectivity index (χ0n) is 11.2. The highest BCUT2D eigenvalue weighted by molar-refractivity contribution is 7.26. The first-order chi connectivity index (χ1) is 10.4. The molecule has 3 aromatic heterocycles. The van der Waals surface area contributed by atoms with E-state index in [4.69, 9.17) is 0 Å². The second kappa shape index (κ2) is 5.60. The van der Waals surface area contributed by atoms with Gasteiger partial charge in [0.1, 0.15) is 0 Å². The number of thiophene rings is 3. The van der Waals surface area contributed by atoms with Crippen molar-refractivity contribution in [2.45, 2.75) is 0 Å². The normalized spacial score (nSPS) is 10.9. The molecule has 1 aromatic carbocycles. The zero-order chi connectivity index (χ0) is 14.1. The summed E-state index contributed by atoms with van der Waals surface area (Å²) < 4.78 is 0. The minimum absolute atomic E-state index is 1.29. The fourth-order valence-electron chi connectivity index (χ4n) is 2.36. The van der Waals surface area contributed by atoms with Gasteiger partial charge in [0.2, 0.25) is 0 Å². The van der Waals surface area contributed by atoms with E-state index in [1.165, 1.54) is 30.6 Å². The third-order valence-electron chi connectivity index (χ3n) is 3.34. The zero-order valence-corrected chi connectivity index (χ0v) is 13.6. The van der Waals surface area contributed by atoms with Crippen molar-refractivity contribution in [1.29, 1.82) is 0 Å². The maximum absolute atomic E-state index is 2.25. The summed E-state index contributed by atoms with van der Waals surface area (Å²) in [6.07, 6.45) is 0. The van der Waals surface area contributed by atoms with Crippen molar-refractivity contribution < 1.29 is 0 Å². The van der Waals surface area contributed by atoms with Gasteiger partial charge < -0.3 is 0 Å². The molecular formula is C18H12S3. The first-order valence-corrected chi connectivity index (χ1v) is 9.26. The van der Waals surface area contributed by atoms with Gasteiger partial charge in [-0.15, -0.1) is 34.0 Å². The van der Waals surface area contributed by atoms with Crippen molar-refractivity contribution in [2.24, 2.45) is 0 Å². The molecule has 0 aliphatic heterocycles. The summed E-state index contributed by atoms with van der Waals surface area (Å²) in [4.78, 5) is 5.43.